The number of benzene rings is 2. The molecule has 28 heavy (non-hydrogen) atoms. The van der Waals surface area contributed by atoms with E-state index in [1.165, 1.54) is 17.3 Å². The lowest BCUT2D eigenvalue weighted by molar-refractivity contribution is 0.102. The molecular weight excluding hydrogens is 348 g/mol. The minimum absolute atomic E-state index is 0.252. The number of nitrogens with one attached hydrogen (secondary N) is 2. The van der Waals surface area contributed by atoms with Crippen LogP contribution in [-0.4, -0.2) is 22.4 Å². The molecule has 0 saturated carbocycles. The molecule has 0 spiro atoms. The van der Waals surface area contributed by atoms with Crippen molar-refractivity contribution in [2.75, 3.05) is 17.2 Å². The maximum Gasteiger partial charge on any atom is 0.275 e. The largest absolute Gasteiger partial charge is 0.369 e. The van der Waals surface area contributed by atoms with Crippen molar-refractivity contribution in [1.29, 1.82) is 0 Å². The van der Waals surface area contributed by atoms with Crippen LogP contribution in [0.3, 0.4) is 0 Å². The maximum atomic E-state index is 12.5. The molecule has 0 atom stereocenters. The highest BCUT2D eigenvalue weighted by molar-refractivity contribution is 6.03. The van der Waals surface area contributed by atoms with Crippen LogP contribution in [-0.2, 0) is 6.42 Å². The van der Waals surface area contributed by atoms with E-state index in [0.717, 1.165) is 36.2 Å². The van der Waals surface area contributed by atoms with Gasteiger partial charge in [0.25, 0.3) is 5.91 Å². The molecular formula is C23H26N4O. The molecule has 144 valence electrons. The van der Waals surface area contributed by atoms with E-state index in [2.05, 4.69) is 57.0 Å². The molecule has 0 radical (unpaired) electrons. The van der Waals surface area contributed by atoms with Crippen LogP contribution in [0.2, 0.25) is 0 Å². The number of aromatic nitrogens is 2. The van der Waals surface area contributed by atoms with Crippen molar-refractivity contribution in [3.8, 4) is 0 Å². The standard InChI is InChI=1S/C23H26N4O/c1-16-12-17(2)22(18(3)13-16)27-23(28)20-14-26-21(15-25-20)24-11-7-10-19-8-5-4-6-9-19/h4-6,8-9,12-15H,7,10-11H2,1-3H3,(H,24,26)(H,27,28). The molecule has 0 aliphatic carbocycles. The average Bonchev–Trinajstić information content (AvgIpc) is 2.69. The summed E-state index contributed by atoms with van der Waals surface area (Å²) < 4.78 is 0. The van der Waals surface area contributed by atoms with Gasteiger partial charge in [-0.05, 0) is 50.3 Å². The molecule has 1 amide bonds. The first-order valence-electron chi connectivity index (χ1n) is 9.52. The minimum atomic E-state index is -0.252. The normalized spacial score (nSPS) is 10.5. The summed E-state index contributed by atoms with van der Waals surface area (Å²) >= 11 is 0. The van der Waals surface area contributed by atoms with Gasteiger partial charge in [0.15, 0.2) is 0 Å². The first-order valence-corrected chi connectivity index (χ1v) is 9.52. The Bertz CT molecular complexity index is 914. The molecule has 1 heterocycles. The lowest BCUT2D eigenvalue weighted by Gasteiger charge is -2.12. The highest BCUT2D eigenvalue weighted by Gasteiger charge is 2.12. The van der Waals surface area contributed by atoms with E-state index in [-0.39, 0.29) is 5.91 Å². The van der Waals surface area contributed by atoms with Gasteiger partial charge in [-0.2, -0.15) is 0 Å². The van der Waals surface area contributed by atoms with E-state index >= 15 is 0 Å². The van der Waals surface area contributed by atoms with Crippen LogP contribution >= 0.6 is 0 Å². The lowest BCUT2D eigenvalue weighted by atomic mass is 10.1. The van der Waals surface area contributed by atoms with Crippen LogP contribution in [0.4, 0.5) is 11.5 Å². The van der Waals surface area contributed by atoms with E-state index in [0.29, 0.717) is 11.5 Å². The van der Waals surface area contributed by atoms with E-state index in [9.17, 15) is 4.79 Å². The number of carbonyl (C=O) groups excluding carboxylic acids is 1. The molecule has 0 fully saturated rings. The Morgan fingerprint density at radius 1 is 0.964 bits per heavy atom. The fraction of sp³-hybridized carbons (Fsp3) is 0.261. The van der Waals surface area contributed by atoms with Gasteiger partial charge in [-0.3, -0.25) is 4.79 Å². The number of hydrogen-bond donors (Lipinski definition) is 2. The second kappa shape index (κ2) is 9.13. The molecule has 0 aliphatic heterocycles. The van der Waals surface area contributed by atoms with Gasteiger partial charge >= 0.3 is 0 Å². The van der Waals surface area contributed by atoms with Crippen LogP contribution in [0.1, 0.15) is 39.2 Å². The molecule has 5 heteroatoms. The summed E-state index contributed by atoms with van der Waals surface area (Å²) in [6.07, 6.45) is 5.12. The summed E-state index contributed by atoms with van der Waals surface area (Å²) in [7, 11) is 0. The Morgan fingerprint density at radius 3 is 2.32 bits per heavy atom. The highest BCUT2D eigenvalue weighted by Crippen LogP contribution is 2.22. The van der Waals surface area contributed by atoms with Crippen LogP contribution in [0.25, 0.3) is 0 Å². The third-order valence-electron chi connectivity index (χ3n) is 4.59. The molecule has 0 bridgehead atoms. The van der Waals surface area contributed by atoms with Crippen LogP contribution in [0.5, 0.6) is 0 Å². The second-order valence-corrected chi connectivity index (χ2v) is 7.03. The van der Waals surface area contributed by atoms with Gasteiger partial charge in [-0.15, -0.1) is 0 Å². The highest BCUT2D eigenvalue weighted by atomic mass is 16.1. The molecule has 3 rings (SSSR count). The Hall–Kier alpha value is -3.21. The Morgan fingerprint density at radius 2 is 1.68 bits per heavy atom. The third kappa shape index (κ3) is 5.16. The first-order chi connectivity index (χ1) is 13.5. The fourth-order valence-electron chi connectivity index (χ4n) is 3.24. The average molecular weight is 374 g/mol. The van der Waals surface area contributed by atoms with E-state index in [4.69, 9.17) is 0 Å². The maximum absolute atomic E-state index is 12.5. The van der Waals surface area contributed by atoms with Crippen molar-refractivity contribution in [1.82, 2.24) is 9.97 Å². The minimum Gasteiger partial charge on any atom is -0.369 e. The summed E-state index contributed by atoms with van der Waals surface area (Å²) in [6.45, 7) is 6.83. The summed E-state index contributed by atoms with van der Waals surface area (Å²) in [5.41, 5.74) is 5.71. The molecule has 0 aliphatic rings. The molecule has 2 aromatic carbocycles. The summed E-state index contributed by atoms with van der Waals surface area (Å²) in [5, 5.41) is 6.20. The lowest BCUT2D eigenvalue weighted by Crippen LogP contribution is -2.16. The molecule has 1 aromatic heterocycles. The molecule has 2 N–H and O–H groups in total. The molecule has 0 saturated heterocycles. The SMILES string of the molecule is Cc1cc(C)c(NC(=O)c2cnc(NCCCc3ccccc3)cn2)c(C)c1. The quantitative estimate of drug-likeness (QED) is 0.588. The van der Waals surface area contributed by atoms with Crippen molar-refractivity contribution >= 4 is 17.4 Å². The van der Waals surface area contributed by atoms with E-state index in [1.807, 2.05) is 26.8 Å². The number of aryl methyl sites for hydroxylation is 4. The van der Waals surface area contributed by atoms with Gasteiger partial charge in [-0.25, -0.2) is 9.97 Å². The van der Waals surface area contributed by atoms with Crippen molar-refractivity contribution in [3.63, 3.8) is 0 Å². The van der Waals surface area contributed by atoms with Crippen LogP contribution < -0.4 is 10.6 Å². The van der Waals surface area contributed by atoms with E-state index < -0.39 is 0 Å². The number of amides is 1. The Kier molecular flexibility index (Phi) is 6.37. The zero-order chi connectivity index (χ0) is 19.9. The van der Waals surface area contributed by atoms with Gasteiger partial charge in [0.05, 0.1) is 12.4 Å². The topological polar surface area (TPSA) is 66.9 Å². The van der Waals surface area contributed by atoms with Gasteiger partial charge in [0.2, 0.25) is 0 Å². The summed E-state index contributed by atoms with van der Waals surface area (Å²) in [6, 6.07) is 14.5. The van der Waals surface area contributed by atoms with Crippen molar-refractivity contribution in [2.24, 2.45) is 0 Å². The van der Waals surface area contributed by atoms with Crippen LogP contribution in [0, 0.1) is 20.8 Å². The number of nitrogens with zero attached hydrogens (tertiary/aromatic N) is 2. The predicted molar refractivity (Wildman–Crippen MR) is 114 cm³/mol. The fourth-order valence-corrected chi connectivity index (χ4v) is 3.24. The summed E-state index contributed by atoms with van der Waals surface area (Å²) in [4.78, 5) is 21.1. The Labute approximate surface area is 166 Å². The monoisotopic (exact) mass is 374 g/mol. The van der Waals surface area contributed by atoms with Gasteiger partial charge in [0, 0.05) is 12.2 Å². The second-order valence-electron chi connectivity index (χ2n) is 7.03. The van der Waals surface area contributed by atoms with Crippen LogP contribution in [0.15, 0.2) is 54.9 Å². The number of anilines is 2. The molecule has 0 unspecified atom stereocenters. The zero-order valence-corrected chi connectivity index (χ0v) is 16.6. The third-order valence-corrected chi connectivity index (χ3v) is 4.59. The first kappa shape index (κ1) is 19.5. The Balaban J connectivity index is 1.53. The molecule has 3 aromatic rings. The number of rotatable bonds is 7. The van der Waals surface area contributed by atoms with Crippen molar-refractivity contribution < 1.29 is 4.79 Å². The predicted octanol–water partition coefficient (Wildman–Crippen LogP) is 4.70. The molecule has 5 nitrogen and oxygen atoms in total. The van der Waals surface area contributed by atoms with Gasteiger partial charge in [-0.1, -0.05) is 48.0 Å². The summed E-state index contributed by atoms with van der Waals surface area (Å²) in [5.74, 6) is 0.422. The number of hydrogen-bond acceptors (Lipinski definition) is 4. The van der Waals surface area contributed by atoms with Crippen molar-refractivity contribution in [2.45, 2.75) is 33.6 Å². The van der Waals surface area contributed by atoms with Gasteiger partial charge in [0.1, 0.15) is 11.5 Å². The van der Waals surface area contributed by atoms with Gasteiger partial charge < -0.3 is 10.6 Å². The number of carbonyl (C=O) groups is 1. The smallest absolute Gasteiger partial charge is 0.275 e. The van der Waals surface area contributed by atoms with E-state index in [1.54, 1.807) is 6.20 Å². The van der Waals surface area contributed by atoms with Crippen molar-refractivity contribution in [3.05, 3.63) is 82.8 Å². The zero-order valence-electron chi connectivity index (χ0n) is 16.6.